The smallest absolute Gasteiger partial charge is 0.160 e. The lowest BCUT2D eigenvalue weighted by atomic mass is 9.80. The molecule has 0 fully saturated rings. The number of rotatable bonds is 4. The first-order valence-electron chi connectivity index (χ1n) is 9.21. The van der Waals surface area contributed by atoms with E-state index in [9.17, 15) is 15.3 Å². The largest absolute Gasteiger partial charge is 0.507 e. The lowest BCUT2D eigenvalue weighted by molar-refractivity contribution is 0.373. The molecule has 0 saturated carbocycles. The van der Waals surface area contributed by atoms with Crippen molar-refractivity contribution in [3.8, 4) is 23.0 Å². The highest BCUT2D eigenvalue weighted by molar-refractivity contribution is 5.58. The van der Waals surface area contributed by atoms with Gasteiger partial charge in [-0.1, -0.05) is 30.3 Å². The minimum Gasteiger partial charge on any atom is -0.507 e. The molecule has 0 aliphatic heterocycles. The molecule has 28 heavy (non-hydrogen) atoms. The molecule has 0 radical (unpaired) electrons. The second-order valence-corrected chi connectivity index (χ2v) is 7.25. The second kappa shape index (κ2) is 7.47. The number of benzene rings is 3. The molecule has 3 rings (SSSR count). The summed E-state index contributed by atoms with van der Waals surface area (Å²) in [6.45, 7) is 7.53. The van der Waals surface area contributed by atoms with Gasteiger partial charge in [-0.15, -0.1) is 0 Å². The zero-order valence-electron chi connectivity index (χ0n) is 16.9. The Kier molecular flexibility index (Phi) is 5.23. The van der Waals surface area contributed by atoms with Gasteiger partial charge in [0.25, 0.3) is 0 Å². The van der Waals surface area contributed by atoms with E-state index >= 15 is 0 Å². The third kappa shape index (κ3) is 3.26. The van der Waals surface area contributed by atoms with Crippen LogP contribution in [0.3, 0.4) is 0 Å². The van der Waals surface area contributed by atoms with Crippen molar-refractivity contribution < 1.29 is 20.1 Å². The molecule has 0 bridgehead atoms. The summed E-state index contributed by atoms with van der Waals surface area (Å²) in [6, 6.07) is 13.0. The fraction of sp³-hybridized carbons (Fsp3) is 0.250. The van der Waals surface area contributed by atoms with Gasteiger partial charge in [-0.3, -0.25) is 0 Å². The van der Waals surface area contributed by atoms with Crippen LogP contribution in [0.5, 0.6) is 23.0 Å². The van der Waals surface area contributed by atoms with Crippen molar-refractivity contribution in [3.05, 3.63) is 81.4 Å². The molecule has 0 heterocycles. The van der Waals surface area contributed by atoms with Crippen molar-refractivity contribution in [1.82, 2.24) is 0 Å². The molecular formula is C24H26O4. The monoisotopic (exact) mass is 378 g/mol. The van der Waals surface area contributed by atoms with Gasteiger partial charge in [0.2, 0.25) is 0 Å². The number of ether oxygens (including phenoxy) is 1. The lowest BCUT2D eigenvalue weighted by Crippen LogP contribution is -2.08. The van der Waals surface area contributed by atoms with Gasteiger partial charge >= 0.3 is 0 Å². The van der Waals surface area contributed by atoms with Crippen LogP contribution in [0.4, 0.5) is 0 Å². The second-order valence-electron chi connectivity index (χ2n) is 7.25. The first kappa shape index (κ1) is 19.6. The SMILES string of the molecule is COc1cc(C(c2ccc(C)c(O)c2C)c2ccc(C)c(O)c2C)ccc1O. The fourth-order valence-corrected chi connectivity index (χ4v) is 3.73. The third-order valence-electron chi connectivity index (χ3n) is 5.51. The molecule has 0 aliphatic rings. The molecule has 3 N–H and O–H groups in total. The number of phenolic OH excluding ortho intramolecular Hbond substituents is 3. The topological polar surface area (TPSA) is 69.9 Å². The average molecular weight is 378 g/mol. The third-order valence-corrected chi connectivity index (χ3v) is 5.51. The van der Waals surface area contributed by atoms with Gasteiger partial charge < -0.3 is 20.1 Å². The van der Waals surface area contributed by atoms with Crippen LogP contribution in [0.2, 0.25) is 0 Å². The quantitative estimate of drug-likeness (QED) is 0.544. The molecule has 0 aliphatic carbocycles. The number of methoxy groups -OCH3 is 1. The summed E-state index contributed by atoms with van der Waals surface area (Å²) in [5.74, 6) is 0.736. The number of hydrogen-bond donors (Lipinski definition) is 3. The molecule has 0 amide bonds. The first-order chi connectivity index (χ1) is 13.3. The van der Waals surface area contributed by atoms with Crippen LogP contribution in [0.1, 0.15) is 44.9 Å². The Morgan fingerprint density at radius 2 is 1.21 bits per heavy atom. The van der Waals surface area contributed by atoms with Crippen molar-refractivity contribution >= 4 is 0 Å². The number of phenols is 3. The van der Waals surface area contributed by atoms with Crippen molar-refractivity contribution in [2.75, 3.05) is 7.11 Å². The molecule has 146 valence electrons. The van der Waals surface area contributed by atoms with E-state index in [0.717, 1.165) is 38.9 Å². The van der Waals surface area contributed by atoms with Gasteiger partial charge in [0.05, 0.1) is 7.11 Å². The fourth-order valence-electron chi connectivity index (χ4n) is 3.73. The Bertz CT molecular complexity index is 980. The van der Waals surface area contributed by atoms with E-state index in [1.54, 1.807) is 12.1 Å². The molecule has 0 unspecified atom stereocenters. The van der Waals surface area contributed by atoms with E-state index in [0.29, 0.717) is 5.75 Å². The Balaban J connectivity index is 2.33. The maximum absolute atomic E-state index is 10.5. The van der Waals surface area contributed by atoms with E-state index in [1.165, 1.54) is 7.11 Å². The molecule has 0 spiro atoms. The molecule has 4 nitrogen and oxygen atoms in total. The van der Waals surface area contributed by atoms with E-state index in [1.807, 2.05) is 58.0 Å². The van der Waals surface area contributed by atoms with E-state index < -0.39 is 0 Å². The molecule has 0 atom stereocenters. The van der Waals surface area contributed by atoms with Crippen LogP contribution in [-0.4, -0.2) is 22.4 Å². The number of aromatic hydroxyl groups is 3. The Labute approximate surface area is 165 Å². The molecule has 4 heteroatoms. The van der Waals surface area contributed by atoms with Gasteiger partial charge in [-0.25, -0.2) is 0 Å². The van der Waals surface area contributed by atoms with Crippen LogP contribution in [0, 0.1) is 27.7 Å². The summed E-state index contributed by atoms with van der Waals surface area (Å²) in [5, 5.41) is 31.1. The maximum Gasteiger partial charge on any atom is 0.160 e. The van der Waals surface area contributed by atoms with Crippen LogP contribution >= 0.6 is 0 Å². The first-order valence-corrected chi connectivity index (χ1v) is 9.21. The highest BCUT2D eigenvalue weighted by atomic mass is 16.5. The van der Waals surface area contributed by atoms with Crippen LogP contribution in [0.25, 0.3) is 0 Å². The van der Waals surface area contributed by atoms with Gasteiger partial charge in [-0.05, 0) is 78.8 Å². The Morgan fingerprint density at radius 1 is 0.714 bits per heavy atom. The summed E-state index contributed by atoms with van der Waals surface area (Å²) >= 11 is 0. The standard InChI is InChI=1S/C24H26O4/c1-13-6-9-18(15(3)23(13)26)22(17-8-11-20(25)21(12-17)28-5)19-10-7-14(2)24(27)16(19)4/h6-12,22,25-27H,1-5H3. The van der Waals surface area contributed by atoms with Crippen LogP contribution in [0.15, 0.2) is 42.5 Å². The van der Waals surface area contributed by atoms with Gasteiger partial charge in [0, 0.05) is 5.92 Å². The Hall–Kier alpha value is -3.14. The van der Waals surface area contributed by atoms with Crippen molar-refractivity contribution in [2.45, 2.75) is 33.6 Å². The molecule has 0 aromatic heterocycles. The summed E-state index contributed by atoms with van der Waals surface area (Å²) in [4.78, 5) is 0. The number of hydrogen-bond acceptors (Lipinski definition) is 4. The van der Waals surface area contributed by atoms with Gasteiger partial charge in [0.1, 0.15) is 11.5 Å². The molecule has 3 aromatic carbocycles. The summed E-state index contributed by atoms with van der Waals surface area (Å²) < 4.78 is 5.30. The highest BCUT2D eigenvalue weighted by Crippen LogP contribution is 2.42. The van der Waals surface area contributed by atoms with E-state index in [4.69, 9.17) is 4.74 Å². The maximum atomic E-state index is 10.5. The van der Waals surface area contributed by atoms with Crippen LogP contribution < -0.4 is 4.74 Å². The zero-order chi connectivity index (χ0) is 20.6. The normalized spacial score (nSPS) is 11.1. The summed E-state index contributed by atoms with van der Waals surface area (Å²) in [6.07, 6.45) is 0. The van der Waals surface area contributed by atoms with Crippen molar-refractivity contribution in [1.29, 1.82) is 0 Å². The van der Waals surface area contributed by atoms with Crippen molar-refractivity contribution in [3.63, 3.8) is 0 Å². The predicted molar refractivity (Wildman–Crippen MR) is 111 cm³/mol. The number of aryl methyl sites for hydroxylation is 2. The lowest BCUT2D eigenvalue weighted by Gasteiger charge is -2.25. The zero-order valence-corrected chi connectivity index (χ0v) is 16.9. The van der Waals surface area contributed by atoms with E-state index in [2.05, 4.69) is 0 Å². The minimum atomic E-state index is -0.243. The average Bonchev–Trinajstić information content (AvgIpc) is 2.68. The van der Waals surface area contributed by atoms with E-state index in [-0.39, 0.29) is 23.2 Å². The highest BCUT2D eigenvalue weighted by Gasteiger charge is 2.24. The molecule has 3 aromatic rings. The minimum absolute atomic E-state index is 0.0666. The predicted octanol–water partition coefficient (Wildman–Crippen LogP) is 5.23. The van der Waals surface area contributed by atoms with Gasteiger partial charge in [-0.2, -0.15) is 0 Å². The molecular weight excluding hydrogens is 352 g/mol. The summed E-state index contributed by atoms with van der Waals surface area (Å²) in [7, 11) is 1.51. The van der Waals surface area contributed by atoms with Gasteiger partial charge in [0.15, 0.2) is 11.5 Å². The van der Waals surface area contributed by atoms with Crippen LogP contribution in [-0.2, 0) is 0 Å². The summed E-state index contributed by atoms with van der Waals surface area (Å²) in [5.41, 5.74) is 5.96. The molecule has 0 saturated heterocycles. The van der Waals surface area contributed by atoms with Crippen molar-refractivity contribution in [2.24, 2.45) is 0 Å². The Morgan fingerprint density at radius 3 is 1.68 bits per heavy atom.